The lowest BCUT2D eigenvalue weighted by atomic mass is 10.00. The Balaban J connectivity index is 1.76. The van der Waals surface area contributed by atoms with E-state index in [2.05, 4.69) is 26.3 Å². The molecule has 130 valence electrons. The van der Waals surface area contributed by atoms with Gasteiger partial charge in [0.15, 0.2) is 5.82 Å². The maximum absolute atomic E-state index is 5.81. The predicted molar refractivity (Wildman–Crippen MR) is 91.2 cm³/mol. The Labute approximate surface area is 145 Å². The molecule has 0 amide bonds. The zero-order valence-corrected chi connectivity index (χ0v) is 14.3. The summed E-state index contributed by atoms with van der Waals surface area (Å²) in [7, 11) is 1.64. The van der Waals surface area contributed by atoms with Crippen LogP contribution in [0.3, 0.4) is 0 Å². The number of hydrogen-bond acceptors (Lipinski definition) is 7. The van der Waals surface area contributed by atoms with E-state index in [-0.39, 0.29) is 6.04 Å². The first-order valence-corrected chi connectivity index (χ1v) is 8.35. The number of ether oxygens (including phenoxy) is 1. The van der Waals surface area contributed by atoms with Crippen LogP contribution in [0.25, 0.3) is 11.5 Å². The molecule has 8 heteroatoms. The Morgan fingerprint density at radius 2 is 2.16 bits per heavy atom. The summed E-state index contributed by atoms with van der Waals surface area (Å²) in [4.78, 5) is 8.65. The molecule has 0 saturated carbocycles. The van der Waals surface area contributed by atoms with Crippen molar-refractivity contribution in [3.05, 3.63) is 35.4 Å². The van der Waals surface area contributed by atoms with E-state index in [1.54, 1.807) is 14.0 Å². The molecule has 2 aromatic heterocycles. The average molecular weight is 340 g/mol. The van der Waals surface area contributed by atoms with Crippen LogP contribution in [0.2, 0.25) is 0 Å². The van der Waals surface area contributed by atoms with Gasteiger partial charge in [0.25, 0.3) is 5.89 Å². The van der Waals surface area contributed by atoms with Crippen molar-refractivity contribution in [2.75, 3.05) is 12.8 Å². The maximum Gasteiger partial charge on any atom is 0.261 e. The molecule has 0 fully saturated rings. The highest BCUT2D eigenvalue weighted by Gasteiger charge is 2.24. The lowest BCUT2D eigenvalue weighted by molar-refractivity contribution is 0.401. The number of nitrogen functional groups attached to an aromatic ring is 1. The standard InChI is InChI=1S/C17H20N6O2/c1-10-19-16(25-22-10)12-8-7-11(9-14(12)24-2)13-5-3-4-6-15-20-17(18)21-23(13)15/h7-9,13H,3-6H2,1-2H3,(H2,18,21). The maximum atomic E-state index is 5.81. The number of aryl methyl sites for hydroxylation is 2. The molecule has 1 aliphatic heterocycles. The summed E-state index contributed by atoms with van der Waals surface area (Å²) in [6.07, 6.45) is 4.09. The second kappa shape index (κ2) is 6.19. The normalized spacial score (nSPS) is 17.1. The quantitative estimate of drug-likeness (QED) is 0.781. The molecule has 0 aliphatic carbocycles. The van der Waals surface area contributed by atoms with Crippen LogP contribution in [0, 0.1) is 6.92 Å². The highest BCUT2D eigenvalue weighted by Crippen LogP contribution is 2.35. The molecule has 1 unspecified atom stereocenters. The van der Waals surface area contributed by atoms with Crippen LogP contribution in [0.5, 0.6) is 5.75 Å². The van der Waals surface area contributed by atoms with Gasteiger partial charge < -0.3 is 15.0 Å². The van der Waals surface area contributed by atoms with E-state index in [4.69, 9.17) is 15.0 Å². The van der Waals surface area contributed by atoms with Gasteiger partial charge in [-0.25, -0.2) is 4.68 Å². The molecular weight excluding hydrogens is 320 g/mol. The van der Waals surface area contributed by atoms with E-state index in [1.807, 2.05) is 16.8 Å². The van der Waals surface area contributed by atoms with Crippen LogP contribution in [-0.4, -0.2) is 32.0 Å². The molecule has 0 bridgehead atoms. The van der Waals surface area contributed by atoms with Crippen LogP contribution >= 0.6 is 0 Å². The summed E-state index contributed by atoms with van der Waals surface area (Å²) in [5.74, 6) is 3.00. The molecule has 8 nitrogen and oxygen atoms in total. The highest BCUT2D eigenvalue weighted by atomic mass is 16.5. The third-order valence-corrected chi connectivity index (χ3v) is 4.51. The van der Waals surface area contributed by atoms with E-state index in [0.717, 1.165) is 42.6 Å². The van der Waals surface area contributed by atoms with Crippen LogP contribution in [0.15, 0.2) is 22.7 Å². The Bertz CT molecular complexity index is 900. The number of rotatable bonds is 3. The van der Waals surface area contributed by atoms with Gasteiger partial charge in [0.05, 0.1) is 18.7 Å². The molecule has 4 rings (SSSR count). The number of anilines is 1. The van der Waals surface area contributed by atoms with Crippen molar-refractivity contribution in [2.45, 2.75) is 38.6 Å². The summed E-state index contributed by atoms with van der Waals surface area (Å²) in [5, 5.41) is 8.26. The number of nitrogens with zero attached hydrogens (tertiary/aromatic N) is 5. The van der Waals surface area contributed by atoms with E-state index >= 15 is 0 Å². The number of fused-ring (bicyclic) bond motifs is 1. The van der Waals surface area contributed by atoms with Crippen molar-refractivity contribution >= 4 is 5.95 Å². The Kier molecular flexibility index (Phi) is 3.87. The minimum atomic E-state index is 0.0923. The molecule has 3 heterocycles. The molecule has 3 aromatic rings. The molecule has 2 N–H and O–H groups in total. The van der Waals surface area contributed by atoms with Crippen LogP contribution in [-0.2, 0) is 6.42 Å². The Hall–Kier alpha value is -2.90. The lowest BCUT2D eigenvalue weighted by Crippen LogP contribution is -2.13. The number of methoxy groups -OCH3 is 1. The van der Waals surface area contributed by atoms with Crippen molar-refractivity contribution in [3.8, 4) is 17.2 Å². The van der Waals surface area contributed by atoms with Gasteiger partial charge >= 0.3 is 0 Å². The SMILES string of the molecule is COc1cc(C2CCCCc3nc(N)nn32)ccc1-c1nc(C)no1. The molecule has 0 saturated heterocycles. The molecule has 25 heavy (non-hydrogen) atoms. The Morgan fingerprint density at radius 3 is 2.92 bits per heavy atom. The van der Waals surface area contributed by atoms with Crippen LogP contribution in [0.1, 0.15) is 42.5 Å². The van der Waals surface area contributed by atoms with E-state index in [1.165, 1.54) is 0 Å². The van der Waals surface area contributed by atoms with Crippen molar-refractivity contribution < 1.29 is 9.26 Å². The van der Waals surface area contributed by atoms with Crippen LogP contribution < -0.4 is 10.5 Å². The first-order valence-electron chi connectivity index (χ1n) is 8.35. The fraction of sp³-hybridized carbons (Fsp3) is 0.412. The van der Waals surface area contributed by atoms with Gasteiger partial charge in [-0.05, 0) is 37.5 Å². The fourth-order valence-electron chi connectivity index (χ4n) is 3.34. The van der Waals surface area contributed by atoms with E-state index < -0.39 is 0 Å². The number of aromatic nitrogens is 5. The zero-order valence-electron chi connectivity index (χ0n) is 14.3. The minimum absolute atomic E-state index is 0.0923. The lowest BCUT2D eigenvalue weighted by Gasteiger charge is -2.18. The average Bonchev–Trinajstić information content (AvgIpc) is 3.15. The third-order valence-electron chi connectivity index (χ3n) is 4.51. The molecule has 1 atom stereocenters. The van der Waals surface area contributed by atoms with Gasteiger partial charge in [0, 0.05) is 6.42 Å². The topological polar surface area (TPSA) is 105 Å². The number of benzene rings is 1. The third kappa shape index (κ3) is 2.84. The second-order valence-electron chi connectivity index (χ2n) is 6.20. The predicted octanol–water partition coefficient (Wildman–Crippen LogP) is 2.54. The fourth-order valence-corrected chi connectivity index (χ4v) is 3.34. The van der Waals surface area contributed by atoms with Crippen molar-refractivity contribution in [2.24, 2.45) is 0 Å². The summed E-state index contributed by atoms with van der Waals surface area (Å²) in [6, 6.07) is 6.10. The summed E-state index contributed by atoms with van der Waals surface area (Å²) >= 11 is 0. The molecule has 1 aliphatic rings. The second-order valence-corrected chi connectivity index (χ2v) is 6.20. The van der Waals surface area contributed by atoms with Gasteiger partial charge in [-0.3, -0.25) is 0 Å². The Morgan fingerprint density at radius 1 is 1.28 bits per heavy atom. The molecule has 1 aromatic carbocycles. The number of nitrogens with two attached hydrogens (primary N) is 1. The monoisotopic (exact) mass is 340 g/mol. The van der Waals surface area contributed by atoms with Crippen LogP contribution in [0.4, 0.5) is 5.95 Å². The van der Waals surface area contributed by atoms with Gasteiger partial charge in [0.1, 0.15) is 11.6 Å². The van der Waals surface area contributed by atoms with Crippen molar-refractivity contribution in [1.29, 1.82) is 0 Å². The largest absolute Gasteiger partial charge is 0.496 e. The van der Waals surface area contributed by atoms with Crippen molar-refractivity contribution in [3.63, 3.8) is 0 Å². The first-order chi connectivity index (χ1) is 12.2. The summed E-state index contributed by atoms with van der Waals surface area (Å²) in [5.41, 5.74) is 7.69. The van der Waals surface area contributed by atoms with Gasteiger partial charge in [-0.2, -0.15) is 9.97 Å². The summed E-state index contributed by atoms with van der Waals surface area (Å²) in [6.45, 7) is 1.79. The smallest absolute Gasteiger partial charge is 0.261 e. The first kappa shape index (κ1) is 15.6. The van der Waals surface area contributed by atoms with Gasteiger partial charge in [-0.15, -0.1) is 5.10 Å². The summed E-state index contributed by atoms with van der Waals surface area (Å²) < 4.78 is 12.8. The van der Waals surface area contributed by atoms with Gasteiger partial charge in [-0.1, -0.05) is 17.6 Å². The molecule has 0 radical (unpaired) electrons. The number of hydrogen-bond donors (Lipinski definition) is 1. The minimum Gasteiger partial charge on any atom is -0.496 e. The zero-order chi connectivity index (χ0) is 17.4. The van der Waals surface area contributed by atoms with E-state index in [9.17, 15) is 0 Å². The molecular formula is C17H20N6O2. The van der Waals surface area contributed by atoms with Gasteiger partial charge in [0.2, 0.25) is 5.95 Å². The molecule has 0 spiro atoms. The van der Waals surface area contributed by atoms with E-state index in [0.29, 0.717) is 23.4 Å². The van der Waals surface area contributed by atoms with Crippen molar-refractivity contribution in [1.82, 2.24) is 24.9 Å². The highest BCUT2D eigenvalue weighted by molar-refractivity contribution is 5.63.